The van der Waals surface area contributed by atoms with Crippen LogP contribution in [0, 0.1) is 29.1 Å². The lowest BCUT2D eigenvalue weighted by atomic mass is 10.2. The summed E-state index contributed by atoms with van der Waals surface area (Å²) in [5.41, 5.74) is -0.580. The van der Waals surface area contributed by atoms with E-state index in [-0.39, 0.29) is 6.54 Å². The zero-order chi connectivity index (χ0) is 14.9. The van der Waals surface area contributed by atoms with Crippen LogP contribution < -0.4 is 5.32 Å². The van der Waals surface area contributed by atoms with E-state index in [0.29, 0.717) is 12.1 Å². The molecule has 0 atom stereocenters. The smallest absolute Gasteiger partial charge is 0.200 e. The molecule has 8 heteroatoms. The van der Waals surface area contributed by atoms with Crippen molar-refractivity contribution < 1.29 is 22.0 Å². The first-order valence-corrected chi connectivity index (χ1v) is 6.52. The van der Waals surface area contributed by atoms with E-state index < -0.39 is 34.8 Å². The largest absolute Gasteiger partial charge is 0.374 e. The van der Waals surface area contributed by atoms with Crippen LogP contribution in [-0.4, -0.2) is 4.98 Å². The first-order chi connectivity index (χ1) is 9.45. The second kappa shape index (κ2) is 5.74. The molecule has 1 aromatic heterocycles. The molecule has 2 rings (SSSR count). The van der Waals surface area contributed by atoms with Gasteiger partial charge >= 0.3 is 0 Å². The van der Waals surface area contributed by atoms with Gasteiger partial charge in [-0.1, -0.05) is 6.92 Å². The summed E-state index contributed by atoms with van der Waals surface area (Å²) in [5.74, 6) is -9.88. The number of rotatable bonds is 4. The lowest BCUT2D eigenvalue weighted by Gasteiger charge is -2.09. The van der Waals surface area contributed by atoms with E-state index >= 15 is 0 Å². The van der Waals surface area contributed by atoms with Gasteiger partial charge < -0.3 is 5.32 Å². The van der Waals surface area contributed by atoms with Gasteiger partial charge in [-0.2, -0.15) is 0 Å². The van der Waals surface area contributed by atoms with Crippen LogP contribution in [0.15, 0.2) is 5.38 Å². The van der Waals surface area contributed by atoms with Crippen LogP contribution in [-0.2, 0) is 13.0 Å². The fourth-order valence-electron chi connectivity index (χ4n) is 1.53. The van der Waals surface area contributed by atoms with Crippen molar-refractivity contribution in [3.05, 3.63) is 45.2 Å². The summed E-state index contributed by atoms with van der Waals surface area (Å²) in [4.78, 5) is 4.12. The van der Waals surface area contributed by atoms with E-state index in [1.54, 1.807) is 5.38 Å². The molecule has 0 saturated heterocycles. The maximum absolute atomic E-state index is 13.4. The molecule has 0 aliphatic carbocycles. The fourth-order valence-corrected chi connectivity index (χ4v) is 2.28. The van der Waals surface area contributed by atoms with E-state index in [2.05, 4.69) is 10.3 Å². The third-order valence-corrected chi connectivity index (χ3v) is 3.60. The lowest BCUT2D eigenvalue weighted by Crippen LogP contribution is -2.10. The number of nitrogens with one attached hydrogen (secondary N) is 1. The number of aryl methyl sites for hydroxylation is 1. The Hall–Kier alpha value is -1.70. The number of halogens is 5. The Labute approximate surface area is 115 Å². The molecular weight excluding hydrogens is 299 g/mol. The molecule has 2 aromatic rings. The highest BCUT2D eigenvalue weighted by molar-refractivity contribution is 7.09. The van der Waals surface area contributed by atoms with Crippen molar-refractivity contribution in [1.29, 1.82) is 0 Å². The molecule has 108 valence electrons. The molecule has 0 fully saturated rings. The monoisotopic (exact) mass is 308 g/mol. The molecule has 0 amide bonds. The predicted molar refractivity (Wildman–Crippen MR) is 65.1 cm³/mol. The molecule has 0 radical (unpaired) electrons. The highest BCUT2D eigenvalue weighted by Gasteiger charge is 2.25. The van der Waals surface area contributed by atoms with E-state index in [9.17, 15) is 22.0 Å². The first-order valence-electron chi connectivity index (χ1n) is 5.64. The van der Waals surface area contributed by atoms with Crippen molar-refractivity contribution in [2.45, 2.75) is 19.9 Å². The van der Waals surface area contributed by atoms with Gasteiger partial charge in [-0.05, 0) is 6.42 Å². The lowest BCUT2D eigenvalue weighted by molar-refractivity contribution is 0.381. The Bertz CT molecular complexity index is 612. The summed E-state index contributed by atoms with van der Waals surface area (Å²) >= 11 is 1.36. The maximum Gasteiger partial charge on any atom is 0.200 e. The Morgan fingerprint density at radius 3 is 2.05 bits per heavy atom. The standard InChI is InChI=1S/C12H9F5N2S/c1-2-6-19-5(4-20-6)3-18-12-10(16)8(14)7(13)9(15)11(12)17/h4,18H,2-3H2,1H3. The minimum Gasteiger partial charge on any atom is -0.374 e. The number of hydrogen-bond acceptors (Lipinski definition) is 3. The molecule has 1 N–H and O–H groups in total. The van der Waals surface area contributed by atoms with Gasteiger partial charge in [-0.15, -0.1) is 11.3 Å². The van der Waals surface area contributed by atoms with Crippen molar-refractivity contribution in [2.24, 2.45) is 0 Å². The number of nitrogens with zero attached hydrogens (tertiary/aromatic N) is 1. The van der Waals surface area contributed by atoms with Gasteiger partial charge in [0.15, 0.2) is 23.3 Å². The zero-order valence-electron chi connectivity index (χ0n) is 10.2. The molecule has 0 unspecified atom stereocenters. The summed E-state index contributed by atoms with van der Waals surface area (Å²) in [6, 6.07) is 0. The van der Waals surface area contributed by atoms with Crippen LogP contribution in [0.1, 0.15) is 17.6 Å². The van der Waals surface area contributed by atoms with Crippen LogP contribution in [0.25, 0.3) is 0 Å². The summed E-state index contributed by atoms with van der Waals surface area (Å²) < 4.78 is 65.5. The topological polar surface area (TPSA) is 24.9 Å². The molecule has 0 spiro atoms. The van der Waals surface area contributed by atoms with Crippen molar-refractivity contribution in [2.75, 3.05) is 5.32 Å². The van der Waals surface area contributed by atoms with Crippen LogP contribution >= 0.6 is 11.3 Å². The number of aromatic nitrogens is 1. The average molecular weight is 308 g/mol. The van der Waals surface area contributed by atoms with E-state index in [4.69, 9.17) is 0 Å². The molecule has 1 heterocycles. The molecule has 20 heavy (non-hydrogen) atoms. The van der Waals surface area contributed by atoms with Crippen LogP contribution in [0.3, 0.4) is 0 Å². The molecule has 2 nitrogen and oxygen atoms in total. The van der Waals surface area contributed by atoms with Gasteiger partial charge in [-0.25, -0.2) is 26.9 Å². The minimum absolute atomic E-state index is 0.130. The molecule has 0 bridgehead atoms. The number of benzene rings is 1. The quantitative estimate of drug-likeness (QED) is 0.524. The first kappa shape index (κ1) is 14.7. The Morgan fingerprint density at radius 2 is 1.55 bits per heavy atom. The van der Waals surface area contributed by atoms with E-state index in [0.717, 1.165) is 5.01 Å². The van der Waals surface area contributed by atoms with Crippen molar-refractivity contribution in [3.8, 4) is 0 Å². The second-order valence-corrected chi connectivity index (χ2v) is 4.83. The zero-order valence-corrected chi connectivity index (χ0v) is 11.1. The normalized spacial score (nSPS) is 10.9. The van der Waals surface area contributed by atoms with Gasteiger partial charge in [0.1, 0.15) is 5.69 Å². The molecule has 0 saturated carbocycles. The van der Waals surface area contributed by atoms with Crippen molar-refractivity contribution in [1.82, 2.24) is 4.98 Å². The fraction of sp³-hybridized carbons (Fsp3) is 0.250. The number of anilines is 1. The van der Waals surface area contributed by atoms with Crippen LogP contribution in [0.4, 0.5) is 27.6 Å². The van der Waals surface area contributed by atoms with Crippen molar-refractivity contribution >= 4 is 17.0 Å². The molecule has 0 aliphatic heterocycles. The Balaban J connectivity index is 2.25. The summed E-state index contributed by atoms with van der Waals surface area (Å²) in [7, 11) is 0. The SMILES string of the molecule is CCc1nc(CNc2c(F)c(F)c(F)c(F)c2F)cs1. The van der Waals surface area contributed by atoms with Crippen LogP contribution in [0.5, 0.6) is 0 Å². The van der Waals surface area contributed by atoms with E-state index in [1.165, 1.54) is 11.3 Å². The summed E-state index contributed by atoms with van der Waals surface area (Å²) in [6.45, 7) is 1.76. The van der Waals surface area contributed by atoms with Gasteiger partial charge in [0, 0.05) is 5.38 Å². The second-order valence-electron chi connectivity index (χ2n) is 3.88. The third-order valence-electron chi connectivity index (χ3n) is 2.56. The highest BCUT2D eigenvalue weighted by atomic mass is 32.1. The van der Waals surface area contributed by atoms with Gasteiger partial charge in [0.05, 0.1) is 17.2 Å². The van der Waals surface area contributed by atoms with Crippen LogP contribution in [0.2, 0.25) is 0 Å². The third kappa shape index (κ3) is 2.60. The molecule has 0 aliphatic rings. The Morgan fingerprint density at radius 1 is 1.00 bits per heavy atom. The average Bonchev–Trinajstić information content (AvgIpc) is 2.91. The highest BCUT2D eigenvalue weighted by Crippen LogP contribution is 2.27. The number of thiazole rings is 1. The predicted octanol–water partition coefficient (Wildman–Crippen LogP) is 4.01. The van der Waals surface area contributed by atoms with Crippen molar-refractivity contribution in [3.63, 3.8) is 0 Å². The number of hydrogen-bond donors (Lipinski definition) is 1. The molecular formula is C12H9F5N2S. The van der Waals surface area contributed by atoms with E-state index in [1.807, 2.05) is 6.92 Å². The Kier molecular flexibility index (Phi) is 4.22. The van der Waals surface area contributed by atoms with Gasteiger partial charge in [-0.3, -0.25) is 0 Å². The molecule has 1 aromatic carbocycles. The van der Waals surface area contributed by atoms with Gasteiger partial charge in [0.25, 0.3) is 0 Å². The summed E-state index contributed by atoms with van der Waals surface area (Å²) in [6.07, 6.45) is 0.702. The minimum atomic E-state index is -2.17. The summed E-state index contributed by atoms with van der Waals surface area (Å²) in [5, 5.41) is 4.66. The maximum atomic E-state index is 13.4. The van der Waals surface area contributed by atoms with Gasteiger partial charge in [0.2, 0.25) is 5.82 Å².